The fourth-order valence-corrected chi connectivity index (χ4v) is 4.56. The second-order valence-corrected chi connectivity index (χ2v) is 9.01. The van der Waals surface area contributed by atoms with Crippen LogP contribution in [0.3, 0.4) is 0 Å². The summed E-state index contributed by atoms with van der Waals surface area (Å²) in [7, 11) is 0. The molecule has 2 atom stereocenters. The number of halogens is 3. The van der Waals surface area contributed by atoms with Crippen molar-refractivity contribution in [2.75, 3.05) is 10.6 Å². The minimum atomic E-state index is -4.45. The number of hydrogen-bond acceptors (Lipinski definition) is 3. The first-order chi connectivity index (χ1) is 17.6. The summed E-state index contributed by atoms with van der Waals surface area (Å²) in [6, 6.07) is 17.5. The topological polar surface area (TPSA) is 95.5 Å². The second-order valence-electron chi connectivity index (χ2n) is 9.01. The first-order valence-corrected chi connectivity index (χ1v) is 11.8. The number of carbonyl (C=O) groups is 3. The normalized spacial score (nSPS) is 17.6. The maximum Gasteiger partial charge on any atom is 0.416 e. The van der Waals surface area contributed by atoms with Crippen LogP contribution >= 0.6 is 0 Å². The van der Waals surface area contributed by atoms with Gasteiger partial charge in [0.15, 0.2) is 5.78 Å². The van der Waals surface area contributed by atoms with E-state index in [4.69, 9.17) is 0 Å². The molecule has 6 nitrogen and oxygen atoms in total. The van der Waals surface area contributed by atoms with Gasteiger partial charge in [-0.2, -0.15) is 13.2 Å². The fraction of sp³-hybridized carbons (Fsp3) is 0.250. The Kier molecular flexibility index (Phi) is 7.61. The molecule has 0 aliphatic heterocycles. The zero-order valence-electron chi connectivity index (χ0n) is 19.7. The number of Topliss-reactive ketones (excluding diaryl/α,β-unsaturated/α-hetero) is 1. The van der Waals surface area contributed by atoms with E-state index in [1.165, 1.54) is 12.1 Å². The Labute approximate surface area is 211 Å². The number of hydrogen-bond donors (Lipinski definition) is 3. The Balaban J connectivity index is 1.36. The highest BCUT2D eigenvalue weighted by molar-refractivity contribution is 6.01. The van der Waals surface area contributed by atoms with Gasteiger partial charge in [0.05, 0.1) is 11.5 Å². The van der Waals surface area contributed by atoms with E-state index in [1.54, 1.807) is 48.5 Å². The van der Waals surface area contributed by atoms with Crippen molar-refractivity contribution in [2.45, 2.75) is 31.9 Å². The summed E-state index contributed by atoms with van der Waals surface area (Å²) >= 11 is 0. The minimum absolute atomic E-state index is 0.141. The van der Waals surface area contributed by atoms with Crippen LogP contribution in [0.15, 0.2) is 72.8 Å². The van der Waals surface area contributed by atoms with E-state index < -0.39 is 35.6 Å². The number of urea groups is 1. The molecule has 0 spiro atoms. The largest absolute Gasteiger partial charge is 0.481 e. The highest BCUT2D eigenvalue weighted by Crippen LogP contribution is 2.33. The van der Waals surface area contributed by atoms with Crippen LogP contribution in [-0.2, 0) is 11.0 Å². The predicted molar refractivity (Wildman–Crippen MR) is 133 cm³/mol. The lowest BCUT2D eigenvalue weighted by Crippen LogP contribution is -2.32. The number of carboxylic acids is 1. The molecule has 3 aromatic carbocycles. The summed E-state index contributed by atoms with van der Waals surface area (Å²) in [6.07, 6.45) is -1.68. The van der Waals surface area contributed by atoms with E-state index in [2.05, 4.69) is 10.6 Å². The van der Waals surface area contributed by atoms with Crippen LogP contribution in [0.1, 0.15) is 41.6 Å². The van der Waals surface area contributed by atoms with Crippen LogP contribution in [0, 0.1) is 11.8 Å². The predicted octanol–water partition coefficient (Wildman–Crippen LogP) is 7.09. The maximum atomic E-state index is 12.9. The third-order valence-electron chi connectivity index (χ3n) is 6.54. The number of rotatable bonds is 6. The van der Waals surface area contributed by atoms with Crippen LogP contribution < -0.4 is 10.6 Å². The molecule has 1 aliphatic rings. The molecule has 37 heavy (non-hydrogen) atoms. The Morgan fingerprint density at radius 1 is 0.703 bits per heavy atom. The van der Waals surface area contributed by atoms with Crippen LogP contribution in [0.5, 0.6) is 0 Å². The zero-order chi connectivity index (χ0) is 26.6. The molecular formula is C28H25F3N2O4. The van der Waals surface area contributed by atoms with Crippen molar-refractivity contribution in [1.29, 1.82) is 0 Å². The summed E-state index contributed by atoms with van der Waals surface area (Å²) in [6.45, 7) is 0. The van der Waals surface area contributed by atoms with E-state index in [0.29, 0.717) is 24.1 Å². The van der Waals surface area contributed by atoms with Gasteiger partial charge in [0, 0.05) is 22.9 Å². The number of nitrogens with one attached hydrogen (secondary N) is 2. The van der Waals surface area contributed by atoms with Crippen molar-refractivity contribution in [2.24, 2.45) is 11.8 Å². The van der Waals surface area contributed by atoms with Gasteiger partial charge < -0.3 is 15.7 Å². The van der Waals surface area contributed by atoms with Gasteiger partial charge in [-0.3, -0.25) is 9.59 Å². The fourth-order valence-electron chi connectivity index (χ4n) is 4.56. The number of benzene rings is 3. The summed E-state index contributed by atoms with van der Waals surface area (Å²) in [5, 5.41) is 14.6. The minimum Gasteiger partial charge on any atom is -0.481 e. The van der Waals surface area contributed by atoms with Gasteiger partial charge in [-0.15, -0.1) is 0 Å². The van der Waals surface area contributed by atoms with Crippen LogP contribution in [0.25, 0.3) is 11.1 Å². The molecule has 3 N–H and O–H groups in total. The maximum absolute atomic E-state index is 12.9. The standard InChI is InChI=1S/C28H25F3N2O4/c29-28(30,31)20-11-15-22(16-12-20)33-27(37)32-21-13-9-18(10-14-21)17-5-7-19(8-6-17)25(34)23-3-1-2-4-24(23)26(35)36/h5-16,23-24H,1-4H2,(H,35,36)(H2,32,33,37). The van der Waals surface area contributed by atoms with Gasteiger partial charge in [-0.05, 0) is 60.4 Å². The molecule has 0 aromatic heterocycles. The molecule has 1 aliphatic carbocycles. The molecule has 0 radical (unpaired) electrons. The highest BCUT2D eigenvalue weighted by atomic mass is 19.4. The molecule has 4 rings (SSSR count). The van der Waals surface area contributed by atoms with Crippen LogP contribution in [0.2, 0.25) is 0 Å². The molecule has 2 amide bonds. The number of aliphatic carboxylic acids is 1. The van der Waals surface area contributed by atoms with Crippen LogP contribution in [-0.4, -0.2) is 22.9 Å². The number of carbonyl (C=O) groups excluding carboxylic acids is 2. The molecule has 0 saturated heterocycles. The molecule has 9 heteroatoms. The van der Waals surface area contributed by atoms with Crippen molar-refractivity contribution < 1.29 is 32.7 Å². The monoisotopic (exact) mass is 510 g/mol. The molecule has 192 valence electrons. The SMILES string of the molecule is O=C(Nc1ccc(-c2ccc(C(=O)C3CCCCC3C(=O)O)cc2)cc1)Nc1ccc(C(F)(F)F)cc1. The van der Waals surface area contributed by atoms with Gasteiger partial charge >= 0.3 is 18.2 Å². The molecular weight excluding hydrogens is 485 g/mol. The Bertz CT molecular complexity index is 1270. The lowest BCUT2D eigenvalue weighted by atomic mass is 9.75. The number of ketones is 1. The van der Waals surface area contributed by atoms with Crippen molar-refractivity contribution in [3.05, 3.63) is 83.9 Å². The summed E-state index contributed by atoms with van der Waals surface area (Å²) < 4.78 is 38.0. The Morgan fingerprint density at radius 3 is 1.65 bits per heavy atom. The van der Waals surface area contributed by atoms with Crippen molar-refractivity contribution in [1.82, 2.24) is 0 Å². The first kappa shape index (κ1) is 25.9. The van der Waals surface area contributed by atoms with Crippen molar-refractivity contribution in [3.8, 4) is 11.1 Å². The highest BCUT2D eigenvalue weighted by Gasteiger charge is 2.36. The Hall–Kier alpha value is -4.14. The van der Waals surface area contributed by atoms with Crippen LogP contribution in [0.4, 0.5) is 29.3 Å². The average Bonchev–Trinajstić information content (AvgIpc) is 2.88. The van der Waals surface area contributed by atoms with E-state index in [0.717, 1.165) is 36.1 Å². The number of anilines is 2. The lowest BCUT2D eigenvalue weighted by Gasteiger charge is -2.27. The summed E-state index contributed by atoms with van der Waals surface area (Å²) in [5.74, 6) is -2.21. The third-order valence-corrected chi connectivity index (χ3v) is 6.54. The second kappa shape index (κ2) is 10.9. The molecule has 1 saturated carbocycles. The smallest absolute Gasteiger partial charge is 0.416 e. The van der Waals surface area contributed by atoms with Gasteiger partial charge in [-0.1, -0.05) is 49.2 Å². The van der Waals surface area contributed by atoms with Gasteiger partial charge in [0.25, 0.3) is 0 Å². The van der Waals surface area contributed by atoms with E-state index in [1.807, 2.05) is 0 Å². The molecule has 0 heterocycles. The third kappa shape index (κ3) is 6.35. The lowest BCUT2D eigenvalue weighted by molar-refractivity contribution is -0.144. The van der Waals surface area contributed by atoms with E-state index >= 15 is 0 Å². The number of alkyl halides is 3. The Morgan fingerprint density at radius 2 is 1.16 bits per heavy atom. The van der Waals surface area contributed by atoms with E-state index in [9.17, 15) is 32.7 Å². The summed E-state index contributed by atoms with van der Waals surface area (Å²) in [5.41, 5.74) is 2.08. The quantitative estimate of drug-likeness (QED) is 0.309. The van der Waals surface area contributed by atoms with Gasteiger partial charge in [-0.25, -0.2) is 4.79 Å². The average molecular weight is 511 g/mol. The molecule has 1 fully saturated rings. The number of amides is 2. The molecule has 2 unspecified atom stereocenters. The molecule has 0 bridgehead atoms. The first-order valence-electron chi connectivity index (χ1n) is 11.8. The van der Waals surface area contributed by atoms with Crippen molar-refractivity contribution in [3.63, 3.8) is 0 Å². The van der Waals surface area contributed by atoms with E-state index in [-0.39, 0.29) is 11.5 Å². The van der Waals surface area contributed by atoms with Gasteiger partial charge in [0.2, 0.25) is 0 Å². The molecule has 3 aromatic rings. The number of carboxylic acid groups (broad SMARTS) is 1. The summed E-state index contributed by atoms with van der Waals surface area (Å²) in [4.78, 5) is 36.7. The van der Waals surface area contributed by atoms with Gasteiger partial charge in [0.1, 0.15) is 0 Å². The van der Waals surface area contributed by atoms with Crippen molar-refractivity contribution >= 4 is 29.2 Å². The zero-order valence-corrected chi connectivity index (χ0v) is 19.7.